The van der Waals surface area contributed by atoms with Gasteiger partial charge in [0.25, 0.3) is 0 Å². The lowest BCUT2D eigenvalue weighted by molar-refractivity contribution is 0.356. The standard InChI is InChI=1S/C12H24ClNO2S/c1-12(2,3)10-17(15,16)14-9-5-7-11(14)6-4-8-13/h11H,4-10H2,1-3H3. The van der Waals surface area contributed by atoms with E-state index in [0.29, 0.717) is 12.4 Å². The highest BCUT2D eigenvalue weighted by Gasteiger charge is 2.35. The summed E-state index contributed by atoms with van der Waals surface area (Å²) in [5.74, 6) is 0.848. The van der Waals surface area contributed by atoms with Crippen LogP contribution in [0.4, 0.5) is 0 Å². The largest absolute Gasteiger partial charge is 0.214 e. The minimum Gasteiger partial charge on any atom is -0.212 e. The summed E-state index contributed by atoms with van der Waals surface area (Å²) in [6.07, 6.45) is 3.76. The molecule has 1 saturated heterocycles. The molecular formula is C12H24ClNO2S. The van der Waals surface area contributed by atoms with E-state index >= 15 is 0 Å². The highest BCUT2D eigenvalue weighted by molar-refractivity contribution is 7.89. The van der Waals surface area contributed by atoms with Crippen LogP contribution in [0.25, 0.3) is 0 Å². The third kappa shape index (κ3) is 4.76. The molecule has 0 N–H and O–H groups in total. The summed E-state index contributed by atoms with van der Waals surface area (Å²) in [6.45, 7) is 6.59. The van der Waals surface area contributed by atoms with Crippen molar-refractivity contribution in [2.75, 3.05) is 18.2 Å². The van der Waals surface area contributed by atoms with Gasteiger partial charge in [0.15, 0.2) is 0 Å². The molecule has 1 heterocycles. The van der Waals surface area contributed by atoms with E-state index in [4.69, 9.17) is 11.6 Å². The van der Waals surface area contributed by atoms with Gasteiger partial charge < -0.3 is 0 Å². The van der Waals surface area contributed by atoms with E-state index in [1.807, 2.05) is 20.8 Å². The van der Waals surface area contributed by atoms with Crippen molar-refractivity contribution >= 4 is 21.6 Å². The van der Waals surface area contributed by atoms with Crippen LogP contribution < -0.4 is 0 Å². The van der Waals surface area contributed by atoms with Crippen molar-refractivity contribution in [1.29, 1.82) is 0 Å². The van der Waals surface area contributed by atoms with Crippen molar-refractivity contribution in [2.24, 2.45) is 5.41 Å². The second kappa shape index (κ2) is 5.89. The average Bonchev–Trinajstić information content (AvgIpc) is 2.59. The Kier molecular flexibility index (Phi) is 5.29. The zero-order valence-electron chi connectivity index (χ0n) is 11.1. The number of alkyl halides is 1. The monoisotopic (exact) mass is 281 g/mol. The topological polar surface area (TPSA) is 37.4 Å². The lowest BCUT2D eigenvalue weighted by atomic mass is 10.0. The fraction of sp³-hybridized carbons (Fsp3) is 1.00. The molecule has 0 radical (unpaired) electrons. The van der Waals surface area contributed by atoms with Crippen molar-refractivity contribution in [2.45, 2.75) is 52.5 Å². The van der Waals surface area contributed by atoms with Crippen LogP contribution >= 0.6 is 11.6 Å². The molecule has 0 aromatic heterocycles. The van der Waals surface area contributed by atoms with Crippen LogP contribution in [0.5, 0.6) is 0 Å². The van der Waals surface area contributed by atoms with Gasteiger partial charge in [-0.1, -0.05) is 20.8 Å². The van der Waals surface area contributed by atoms with Gasteiger partial charge in [-0.15, -0.1) is 11.6 Å². The van der Waals surface area contributed by atoms with Crippen molar-refractivity contribution in [3.05, 3.63) is 0 Å². The molecule has 1 atom stereocenters. The Bertz CT molecular complexity index is 335. The number of hydrogen-bond donors (Lipinski definition) is 0. The fourth-order valence-corrected chi connectivity index (χ4v) is 4.89. The number of hydrogen-bond acceptors (Lipinski definition) is 2. The molecule has 5 heteroatoms. The molecular weight excluding hydrogens is 258 g/mol. The Morgan fingerprint density at radius 1 is 1.35 bits per heavy atom. The van der Waals surface area contributed by atoms with Crippen molar-refractivity contribution in [3.8, 4) is 0 Å². The minimum atomic E-state index is -3.11. The van der Waals surface area contributed by atoms with Gasteiger partial charge in [-0.2, -0.15) is 4.31 Å². The highest BCUT2D eigenvalue weighted by atomic mass is 35.5. The number of sulfonamides is 1. The summed E-state index contributed by atoms with van der Waals surface area (Å²) in [5.41, 5.74) is -0.182. The average molecular weight is 282 g/mol. The molecule has 0 aliphatic carbocycles. The summed E-state index contributed by atoms with van der Waals surface area (Å²) < 4.78 is 26.3. The summed E-state index contributed by atoms with van der Waals surface area (Å²) in [6, 6.07) is 0.182. The van der Waals surface area contributed by atoms with Gasteiger partial charge in [-0.25, -0.2) is 8.42 Å². The van der Waals surface area contributed by atoms with Crippen LogP contribution in [0.2, 0.25) is 0 Å². The zero-order chi connectivity index (χ0) is 13.1. The molecule has 0 bridgehead atoms. The molecule has 0 saturated carbocycles. The van der Waals surface area contributed by atoms with Gasteiger partial charge in [0.2, 0.25) is 10.0 Å². The Balaban J connectivity index is 2.69. The molecule has 1 fully saturated rings. The Labute approximate surface area is 111 Å². The molecule has 3 nitrogen and oxygen atoms in total. The van der Waals surface area contributed by atoms with E-state index in [0.717, 1.165) is 25.7 Å². The van der Waals surface area contributed by atoms with Gasteiger partial charge in [-0.3, -0.25) is 0 Å². The predicted octanol–water partition coefficient (Wildman–Crippen LogP) is 2.85. The summed E-state index contributed by atoms with van der Waals surface area (Å²) in [5, 5.41) is 0. The van der Waals surface area contributed by atoms with E-state index in [2.05, 4.69) is 0 Å². The third-order valence-corrected chi connectivity index (χ3v) is 5.66. The van der Waals surface area contributed by atoms with Gasteiger partial charge >= 0.3 is 0 Å². The normalized spacial score (nSPS) is 23.2. The smallest absolute Gasteiger partial charge is 0.212 e. The molecule has 1 rings (SSSR count). The maximum atomic E-state index is 12.3. The summed E-state index contributed by atoms with van der Waals surface area (Å²) in [4.78, 5) is 0. The molecule has 0 aromatic carbocycles. The first-order chi connectivity index (χ1) is 7.76. The zero-order valence-corrected chi connectivity index (χ0v) is 12.6. The van der Waals surface area contributed by atoms with Crippen LogP contribution in [0.1, 0.15) is 46.5 Å². The number of rotatable bonds is 5. The first kappa shape index (κ1) is 15.3. The van der Waals surface area contributed by atoms with Crippen LogP contribution in [0.3, 0.4) is 0 Å². The number of nitrogens with zero attached hydrogens (tertiary/aromatic N) is 1. The first-order valence-electron chi connectivity index (χ1n) is 6.32. The quantitative estimate of drug-likeness (QED) is 0.727. The minimum absolute atomic E-state index is 0.182. The Morgan fingerprint density at radius 2 is 2.00 bits per heavy atom. The van der Waals surface area contributed by atoms with Crippen LogP contribution in [0, 0.1) is 5.41 Å². The summed E-state index contributed by atoms with van der Waals surface area (Å²) >= 11 is 5.68. The summed E-state index contributed by atoms with van der Waals surface area (Å²) in [7, 11) is -3.11. The number of halogens is 1. The molecule has 1 aliphatic rings. The van der Waals surface area contributed by atoms with Gasteiger partial charge in [0.1, 0.15) is 0 Å². The van der Waals surface area contributed by atoms with E-state index in [1.54, 1.807) is 4.31 Å². The first-order valence-corrected chi connectivity index (χ1v) is 8.46. The van der Waals surface area contributed by atoms with E-state index < -0.39 is 10.0 Å². The van der Waals surface area contributed by atoms with Crippen LogP contribution in [0.15, 0.2) is 0 Å². The van der Waals surface area contributed by atoms with E-state index in [-0.39, 0.29) is 17.2 Å². The van der Waals surface area contributed by atoms with Gasteiger partial charge in [0.05, 0.1) is 5.75 Å². The molecule has 17 heavy (non-hydrogen) atoms. The Morgan fingerprint density at radius 3 is 2.53 bits per heavy atom. The van der Waals surface area contributed by atoms with Crippen molar-refractivity contribution in [3.63, 3.8) is 0 Å². The molecule has 0 aromatic rings. The fourth-order valence-electron chi connectivity index (χ4n) is 2.41. The van der Waals surface area contributed by atoms with E-state index in [1.165, 1.54) is 0 Å². The second-order valence-electron chi connectivity index (χ2n) is 6.05. The SMILES string of the molecule is CC(C)(C)CS(=O)(=O)N1CCCC1CCCCl. The lowest BCUT2D eigenvalue weighted by Gasteiger charge is -2.27. The molecule has 1 aliphatic heterocycles. The van der Waals surface area contributed by atoms with Crippen molar-refractivity contribution < 1.29 is 8.42 Å². The maximum absolute atomic E-state index is 12.3. The van der Waals surface area contributed by atoms with Crippen molar-refractivity contribution in [1.82, 2.24) is 4.31 Å². The van der Waals surface area contributed by atoms with E-state index in [9.17, 15) is 8.42 Å². The predicted molar refractivity (Wildman–Crippen MR) is 72.9 cm³/mol. The maximum Gasteiger partial charge on any atom is 0.214 e. The highest BCUT2D eigenvalue weighted by Crippen LogP contribution is 2.28. The lowest BCUT2D eigenvalue weighted by Crippen LogP contribution is -2.40. The Hall–Kier alpha value is 0.200. The third-order valence-electron chi connectivity index (χ3n) is 2.97. The molecule has 0 amide bonds. The molecule has 102 valence electrons. The second-order valence-corrected chi connectivity index (χ2v) is 8.35. The van der Waals surface area contributed by atoms with Gasteiger partial charge in [-0.05, 0) is 31.1 Å². The molecule has 1 unspecified atom stereocenters. The van der Waals surface area contributed by atoms with Gasteiger partial charge in [0, 0.05) is 18.5 Å². The molecule has 0 spiro atoms. The van der Waals surface area contributed by atoms with Crippen LogP contribution in [-0.4, -0.2) is 36.9 Å². The van der Waals surface area contributed by atoms with Crippen LogP contribution in [-0.2, 0) is 10.0 Å².